The molecule has 1 aromatic heterocycles. The number of hydrazine groups is 1. The topological polar surface area (TPSA) is 48.8 Å². The lowest BCUT2D eigenvalue weighted by Gasteiger charge is -2.30. The molecule has 0 N–H and O–H groups in total. The predicted octanol–water partition coefficient (Wildman–Crippen LogP) is 2.08. The van der Waals surface area contributed by atoms with Crippen molar-refractivity contribution in [1.82, 2.24) is 9.99 Å². The van der Waals surface area contributed by atoms with Gasteiger partial charge in [0.2, 0.25) is 6.41 Å². The van der Waals surface area contributed by atoms with Crippen LogP contribution >= 0.6 is 23.2 Å². The van der Waals surface area contributed by atoms with E-state index in [4.69, 9.17) is 23.2 Å². The Balaban J connectivity index is 2.24. The second-order valence-corrected chi connectivity index (χ2v) is 4.18. The lowest BCUT2D eigenvalue weighted by atomic mass is 10.4. The number of alkyl halides is 1. The number of hydrogen-bond acceptors (Lipinski definition) is 4. The van der Waals surface area contributed by atoms with Gasteiger partial charge in [-0.3, -0.25) is 14.8 Å². The summed E-state index contributed by atoms with van der Waals surface area (Å²) in [6, 6.07) is 3.33. The Bertz CT molecular complexity index is 486. The number of carbonyl (C=O) groups is 1. The third-order valence-corrected chi connectivity index (χ3v) is 2.78. The fourth-order valence-corrected chi connectivity index (χ4v) is 1.72. The average molecular weight is 285 g/mol. The predicted molar refractivity (Wildman–Crippen MR) is 71.8 cm³/mol. The molecule has 5 nitrogen and oxygen atoms in total. The highest BCUT2D eigenvalue weighted by molar-refractivity contribution is 6.30. The standard InChI is InChI=1S/C11H10Cl2N4O/c12-5-10-7-16(4-3-14-10)17(8-18)11-2-1-9(13)6-15-11/h1-3,6-8H,4-5H2. The maximum Gasteiger partial charge on any atom is 0.234 e. The van der Waals surface area contributed by atoms with Gasteiger partial charge in [-0.25, -0.2) is 9.99 Å². The van der Waals surface area contributed by atoms with Crippen LogP contribution in [0.15, 0.2) is 35.2 Å². The van der Waals surface area contributed by atoms with Crippen molar-refractivity contribution in [3.05, 3.63) is 35.2 Å². The van der Waals surface area contributed by atoms with Crippen LogP contribution in [0.4, 0.5) is 5.82 Å². The quantitative estimate of drug-likeness (QED) is 0.628. The van der Waals surface area contributed by atoms with Gasteiger partial charge in [0.1, 0.15) is 0 Å². The molecule has 1 aromatic rings. The zero-order valence-electron chi connectivity index (χ0n) is 9.33. The first-order valence-electron chi connectivity index (χ1n) is 5.16. The van der Waals surface area contributed by atoms with Crippen LogP contribution < -0.4 is 5.01 Å². The molecule has 0 aliphatic carbocycles. The molecule has 0 fully saturated rings. The van der Waals surface area contributed by atoms with Crippen LogP contribution in [0.5, 0.6) is 0 Å². The molecule has 0 spiro atoms. The number of pyridine rings is 1. The molecule has 94 valence electrons. The molecular formula is C11H10Cl2N4O. The monoisotopic (exact) mass is 284 g/mol. The minimum atomic E-state index is 0.285. The second-order valence-electron chi connectivity index (χ2n) is 3.47. The minimum absolute atomic E-state index is 0.285. The highest BCUT2D eigenvalue weighted by atomic mass is 35.5. The summed E-state index contributed by atoms with van der Waals surface area (Å²) >= 11 is 11.5. The lowest BCUT2D eigenvalue weighted by molar-refractivity contribution is -0.109. The van der Waals surface area contributed by atoms with Crippen LogP contribution in [0, 0.1) is 0 Å². The first-order valence-corrected chi connectivity index (χ1v) is 6.07. The Morgan fingerprint density at radius 3 is 2.94 bits per heavy atom. The van der Waals surface area contributed by atoms with E-state index in [1.54, 1.807) is 29.6 Å². The maximum absolute atomic E-state index is 11.2. The molecule has 1 amide bonds. The zero-order chi connectivity index (χ0) is 13.0. The van der Waals surface area contributed by atoms with Gasteiger partial charge in [0.05, 0.1) is 23.1 Å². The summed E-state index contributed by atoms with van der Waals surface area (Å²) in [4.78, 5) is 19.4. The van der Waals surface area contributed by atoms with Crippen molar-refractivity contribution in [1.29, 1.82) is 0 Å². The van der Waals surface area contributed by atoms with Gasteiger partial charge in [-0.15, -0.1) is 11.6 Å². The Kier molecular flexibility index (Phi) is 4.17. The van der Waals surface area contributed by atoms with E-state index in [0.29, 0.717) is 29.5 Å². The summed E-state index contributed by atoms with van der Waals surface area (Å²) < 4.78 is 0. The van der Waals surface area contributed by atoms with Gasteiger partial charge in [0.25, 0.3) is 0 Å². The molecule has 18 heavy (non-hydrogen) atoms. The Labute approximate surface area is 114 Å². The lowest BCUT2D eigenvalue weighted by Crippen LogP contribution is -2.41. The normalized spacial score (nSPS) is 14.3. The minimum Gasteiger partial charge on any atom is -0.277 e. The van der Waals surface area contributed by atoms with Crippen LogP contribution in [0.1, 0.15) is 0 Å². The summed E-state index contributed by atoms with van der Waals surface area (Å²) in [7, 11) is 0. The Morgan fingerprint density at radius 1 is 1.50 bits per heavy atom. The molecule has 0 saturated heterocycles. The highest BCUT2D eigenvalue weighted by Crippen LogP contribution is 2.17. The fourth-order valence-electron chi connectivity index (χ4n) is 1.47. The summed E-state index contributed by atoms with van der Waals surface area (Å²) in [6.07, 6.45) is 5.55. The number of amides is 1. The average Bonchev–Trinajstić information content (AvgIpc) is 2.42. The van der Waals surface area contributed by atoms with Crippen molar-refractivity contribution in [2.24, 2.45) is 4.99 Å². The number of hydrogen-bond donors (Lipinski definition) is 0. The van der Waals surface area contributed by atoms with Gasteiger partial charge in [-0.1, -0.05) is 11.6 Å². The number of nitrogens with zero attached hydrogens (tertiary/aromatic N) is 4. The number of aromatic nitrogens is 1. The molecule has 7 heteroatoms. The van der Waals surface area contributed by atoms with E-state index in [1.165, 1.54) is 11.2 Å². The Morgan fingerprint density at radius 2 is 2.33 bits per heavy atom. The number of aliphatic imine (C=N–C) groups is 1. The van der Waals surface area contributed by atoms with E-state index >= 15 is 0 Å². The first-order chi connectivity index (χ1) is 8.74. The van der Waals surface area contributed by atoms with Crippen LogP contribution in [0.2, 0.25) is 5.02 Å². The van der Waals surface area contributed by atoms with E-state index in [1.807, 2.05) is 0 Å². The van der Waals surface area contributed by atoms with Gasteiger partial charge < -0.3 is 0 Å². The summed E-state index contributed by atoms with van der Waals surface area (Å²) in [6.45, 7) is 0.476. The molecule has 0 atom stereocenters. The number of anilines is 1. The molecule has 0 saturated carbocycles. The van der Waals surface area contributed by atoms with Crippen molar-refractivity contribution in [3.63, 3.8) is 0 Å². The van der Waals surface area contributed by atoms with Gasteiger partial charge in [-0.2, -0.15) is 0 Å². The van der Waals surface area contributed by atoms with Crippen LogP contribution in [-0.4, -0.2) is 35.0 Å². The molecule has 0 radical (unpaired) electrons. The van der Waals surface area contributed by atoms with Crippen molar-refractivity contribution >= 4 is 41.6 Å². The first kappa shape index (κ1) is 12.9. The van der Waals surface area contributed by atoms with Crippen LogP contribution in [0.25, 0.3) is 0 Å². The second kappa shape index (κ2) is 5.84. The van der Waals surface area contributed by atoms with E-state index in [9.17, 15) is 4.79 Å². The fraction of sp³-hybridized carbons (Fsp3) is 0.182. The van der Waals surface area contributed by atoms with Gasteiger partial charge in [0.15, 0.2) is 5.82 Å². The smallest absolute Gasteiger partial charge is 0.234 e. The summed E-state index contributed by atoms with van der Waals surface area (Å²) in [5.74, 6) is 0.767. The molecule has 2 heterocycles. The van der Waals surface area contributed by atoms with Gasteiger partial charge >= 0.3 is 0 Å². The molecule has 1 aliphatic rings. The van der Waals surface area contributed by atoms with E-state index < -0.39 is 0 Å². The van der Waals surface area contributed by atoms with Crippen LogP contribution in [0.3, 0.4) is 0 Å². The van der Waals surface area contributed by atoms with Crippen molar-refractivity contribution < 1.29 is 4.79 Å². The maximum atomic E-state index is 11.2. The summed E-state index contributed by atoms with van der Waals surface area (Å²) in [5.41, 5.74) is 0.684. The van der Waals surface area contributed by atoms with Crippen LogP contribution in [-0.2, 0) is 4.79 Å². The van der Waals surface area contributed by atoms with Gasteiger partial charge in [0, 0.05) is 18.6 Å². The number of rotatable bonds is 4. The highest BCUT2D eigenvalue weighted by Gasteiger charge is 2.16. The van der Waals surface area contributed by atoms with E-state index in [-0.39, 0.29) is 5.88 Å². The molecule has 2 rings (SSSR count). The number of carbonyl (C=O) groups excluding carboxylic acids is 1. The van der Waals surface area contributed by atoms with E-state index in [0.717, 1.165) is 0 Å². The number of allylic oxidation sites excluding steroid dienone is 1. The van der Waals surface area contributed by atoms with Crippen molar-refractivity contribution in [2.75, 3.05) is 17.4 Å². The number of halogens is 2. The SMILES string of the molecule is O=CN(c1ccc(Cl)cn1)N1C=C(CCl)N=CC1. The van der Waals surface area contributed by atoms with Gasteiger partial charge in [-0.05, 0) is 12.1 Å². The van der Waals surface area contributed by atoms with Crippen molar-refractivity contribution in [2.45, 2.75) is 0 Å². The van der Waals surface area contributed by atoms with Crippen molar-refractivity contribution in [3.8, 4) is 0 Å². The molecule has 1 aliphatic heterocycles. The third kappa shape index (κ3) is 2.80. The zero-order valence-corrected chi connectivity index (χ0v) is 10.8. The largest absolute Gasteiger partial charge is 0.277 e. The molecule has 0 bridgehead atoms. The van der Waals surface area contributed by atoms with E-state index in [2.05, 4.69) is 9.98 Å². The molecule has 0 unspecified atom stereocenters. The molecule has 0 aromatic carbocycles. The Hall–Kier alpha value is -1.59. The third-order valence-electron chi connectivity index (χ3n) is 2.28. The molecular weight excluding hydrogens is 275 g/mol. The summed E-state index contributed by atoms with van der Waals surface area (Å²) in [5, 5.41) is 3.56.